The fraction of sp³-hybridized carbons (Fsp3) is 0.846. The summed E-state index contributed by atoms with van der Waals surface area (Å²) in [6.07, 6.45) is 5.69. The Morgan fingerprint density at radius 1 is 1.50 bits per heavy atom. The first-order chi connectivity index (χ1) is 8.53. The van der Waals surface area contributed by atoms with Crippen molar-refractivity contribution in [3.8, 4) is 0 Å². The molecule has 2 rings (SSSR count). The van der Waals surface area contributed by atoms with Gasteiger partial charge < -0.3 is 10.5 Å². The van der Waals surface area contributed by atoms with Crippen molar-refractivity contribution in [3.63, 3.8) is 0 Å². The van der Waals surface area contributed by atoms with Crippen LogP contribution in [-0.2, 0) is 11.2 Å². The number of aromatic nitrogens is 3. The molecule has 1 aromatic rings. The highest BCUT2D eigenvalue weighted by molar-refractivity contribution is 4.98. The summed E-state index contributed by atoms with van der Waals surface area (Å²) in [5.74, 6) is 0.952. The molecular formula is C13H24N4O. The van der Waals surface area contributed by atoms with Crippen LogP contribution in [0.5, 0.6) is 0 Å². The van der Waals surface area contributed by atoms with Gasteiger partial charge in [-0.1, -0.05) is 0 Å². The first-order valence-corrected chi connectivity index (χ1v) is 6.81. The van der Waals surface area contributed by atoms with E-state index in [9.17, 15) is 0 Å². The molecule has 0 radical (unpaired) electrons. The van der Waals surface area contributed by atoms with Crippen molar-refractivity contribution in [2.75, 3.05) is 6.61 Å². The van der Waals surface area contributed by atoms with Crippen LogP contribution < -0.4 is 5.73 Å². The van der Waals surface area contributed by atoms with Crippen LogP contribution in [0.1, 0.15) is 51.9 Å². The maximum atomic E-state index is 6.34. The Labute approximate surface area is 109 Å². The average molecular weight is 252 g/mol. The molecule has 2 atom stereocenters. The molecule has 2 unspecified atom stereocenters. The van der Waals surface area contributed by atoms with Gasteiger partial charge in [0.05, 0.1) is 5.60 Å². The molecular weight excluding hydrogens is 228 g/mol. The van der Waals surface area contributed by atoms with Gasteiger partial charge in [0, 0.05) is 25.1 Å². The second-order valence-corrected chi connectivity index (χ2v) is 5.64. The van der Waals surface area contributed by atoms with Crippen LogP contribution in [0.25, 0.3) is 0 Å². The van der Waals surface area contributed by atoms with Crippen LogP contribution in [0, 0.1) is 0 Å². The molecule has 1 aliphatic heterocycles. The monoisotopic (exact) mass is 252 g/mol. The van der Waals surface area contributed by atoms with E-state index in [-0.39, 0.29) is 11.6 Å². The minimum absolute atomic E-state index is 0.0282. The molecule has 1 fully saturated rings. The van der Waals surface area contributed by atoms with Crippen LogP contribution in [0.15, 0.2) is 6.33 Å². The van der Waals surface area contributed by atoms with Crippen LogP contribution >= 0.6 is 0 Å². The Bertz CT molecular complexity index is 382. The van der Waals surface area contributed by atoms with Crippen LogP contribution in [0.4, 0.5) is 0 Å². The van der Waals surface area contributed by atoms with E-state index in [1.807, 2.05) is 4.68 Å². The smallest absolute Gasteiger partial charge is 0.138 e. The zero-order valence-corrected chi connectivity index (χ0v) is 11.6. The Kier molecular flexibility index (Phi) is 4.02. The zero-order valence-electron chi connectivity index (χ0n) is 11.6. The molecule has 0 bridgehead atoms. The van der Waals surface area contributed by atoms with E-state index >= 15 is 0 Å². The zero-order chi connectivity index (χ0) is 13.2. The van der Waals surface area contributed by atoms with E-state index in [4.69, 9.17) is 10.5 Å². The summed E-state index contributed by atoms with van der Waals surface area (Å²) in [6.45, 7) is 7.14. The summed E-state index contributed by atoms with van der Waals surface area (Å²) in [6, 6.07) is 0.286. The molecule has 0 aromatic carbocycles. The van der Waals surface area contributed by atoms with Gasteiger partial charge in [-0.15, -0.1) is 0 Å². The van der Waals surface area contributed by atoms with Crippen molar-refractivity contribution in [3.05, 3.63) is 12.2 Å². The maximum Gasteiger partial charge on any atom is 0.138 e. The Hall–Kier alpha value is -0.940. The van der Waals surface area contributed by atoms with Gasteiger partial charge in [0.1, 0.15) is 12.2 Å². The largest absolute Gasteiger partial charge is 0.374 e. The lowest BCUT2D eigenvalue weighted by Gasteiger charge is -2.38. The number of nitrogens with two attached hydrogens (primary N) is 1. The maximum absolute atomic E-state index is 6.34. The molecule has 18 heavy (non-hydrogen) atoms. The number of rotatable bonds is 4. The molecule has 0 amide bonds. The predicted molar refractivity (Wildman–Crippen MR) is 70.3 cm³/mol. The summed E-state index contributed by atoms with van der Waals surface area (Å²) < 4.78 is 7.83. The van der Waals surface area contributed by atoms with Gasteiger partial charge in [0.25, 0.3) is 0 Å². The fourth-order valence-corrected chi connectivity index (χ4v) is 2.51. The summed E-state index contributed by atoms with van der Waals surface area (Å²) >= 11 is 0. The van der Waals surface area contributed by atoms with Gasteiger partial charge >= 0.3 is 0 Å². The minimum Gasteiger partial charge on any atom is -0.374 e. The van der Waals surface area contributed by atoms with E-state index in [0.717, 1.165) is 25.3 Å². The molecule has 5 nitrogen and oxygen atoms in total. The van der Waals surface area contributed by atoms with E-state index in [1.165, 1.54) is 6.42 Å². The lowest BCUT2D eigenvalue weighted by atomic mass is 9.87. The Balaban J connectivity index is 2.06. The van der Waals surface area contributed by atoms with Crippen molar-refractivity contribution in [1.82, 2.24) is 14.8 Å². The number of hydrogen-bond donors (Lipinski definition) is 1. The van der Waals surface area contributed by atoms with Crippen LogP contribution in [0.3, 0.4) is 0 Å². The number of nitrogens with zero attached hydrogens (tertiary/aromatic N) is 3. The van der Waals surface area contributed by atoms with E-state index in [1.54, 1.807) is 6.33 Å². The number of hydrogen-bond acceptors (Lipinski definition) is 4. The molecule has 5 heteroatoms. The average Bonchev–Trinajstić information content (AvgIpc) is 2.78. The standard InChI is InChI=1S/C13H24N4O/c1-10(2)17-12(15-9-16-17)8-11(14)13(3)6-4-5-7-18-13/h9-11H,4-8,14H2,1-3H3. The van der Waals surface area contributed by atoms with Gasteiger partial charge in [-0.2, -0.15) is 5.10 Å². The van der Waals surface area contributed by atoms with E-state index in [2.05, 4.69) is 30.9 Å². The van der Waals surface area contributed by atoms with Crippen molar-refractivity contribution in [2.24, 2.45) is 5.73 Å². The van der Waals surface area contributed by atoms with Crippen molar-refractivity contribution in [2.45, 2.75) is 64.1 Å². The topological polar surface area (TPSA) is 66.0 Å². The summed E-state index contributed by atoms with van der Waals surface area (Å²) in [7, 11) is 0. The Morgan fingerprint density at radius 2 is 2.28 bits per heavy atom. The third-order valence-corrected chi connectivity index (χ3v) is 3.82. The second-order valence-electron chi connectivity index (χ2n) is 5.64. The third-order valence-electron chi connectivity index (χ3n) is 3.82. The molecule has 2 heterocycles. The predicted octanol–water partition coefficient (Wildman–Crippen LogP) is 1.69. The van der Waals surface area contributed by atoms with Crippen molar-refractivity contribution in [1.29, 1.82) is 0 Å². The summed E-state index contributed by atoms with van der Waals surface area (Å²) in [5, 5.41) is 4.25. The first kappa shape index (κ1) is 13.5. The minimum atomic E-state index is -0.216. The Morgan fingerprint density at radius 3 is 2.89 bits per heavy atom. The molecule has 1 aromatic heterocycles. The number of ether oxygens (including phenoxy) is 1. The van der Waals surface area contributed by atoms with E-state index in [0.29, 0.717) is 12.5 Å². The highest BCUT2D eigenvalue weighted by Gasteiger charge is 2.35. The van der Waals surface area contributed by atoms with Gasteiger partial charge in [0.2, 0.25) is 0 Å². The molecule has 1 saturated heterocycles. The first-order valence-electron chi connectivity index (χ1n) is 6.81. The SMILES string of the molecule is CC(C)n1ncnc1CC(N)C1(C)CCCCO1. The molecule has 102 valence electrons. The summed E-state index contributed by atoms with van der Waals surface area (Å²) in [5.41, 5.74) is 6.12. The quantitative estimate of drug-likeness (QED) is 0.885. The second kappa shape index (κ2) is 5.36. The molecule has 2 N–H and O–H groups in total. The molecule has 0 saturated carbocycles. The fourth-order valence-electron chi connectivity index (χ4n) is 2.51. The van der Waals surface area contributed by atoms with Crippen LogP contribution in [0.2, 0.25) is 0 Å². The van der Waals surface area contributed by atoms with Gasteiger partial charge in [-0.3, -0.25) is 0 Å². The molecule has 0 aliphatic carbocycles. The highest BCUT2D eigenvalue weighted by atomic mass is 16.5. The van der Waals surface area contributed by atoms with Gasteiger partial charge in [-0.25, -0.2) is 9.67 Å². The third kappa shape index (κ3) is 2.72. The highest BCUT2D eigenvalue weighted by Crippen LogP contribution is 2.28. The van der Waals surface area contributed by atoms with Crippen molar-refractivity contribution >= 4 is 0 Å². The van der Waals surface area contributed by atoms with Crippen molar-refractivity contribution < 1.29 is 4.74 Å². The van der Waals surface area contributed by atoms with Crippen LogP contribution in [-0.4, -0.2) is 33.0 Å². The summed E-state index contributed by atoms with van der Waals surface area (Å²) in [4.78, 5) is 4.32. The molecule has 1 aliphatic rings. The van der Waals surface area contributed by atoms with Gasteiger partial charge in [-0.05, 0) is 40.0 Å². The lowest BCUT2D eigenvalue weighted by Crippen LogP contribution is -2.51. The normalized spacial score (nSPS) is 26.5. The lowest BCUT2D eigenvalue weighted by molar-refractivity contribution is -0.0813. The van der Waals surface area contributed by atoms with E-state index < -0.39 is 0 Å². The van der Waals surface area contributed by atoms with Gasteiger partial charge in [0.15, 0.2) is 0 Å². The molecule has 0 spiro atoms.